The largest absolute Gasteiger partial charge is 0.361 e. The highest BCUT2D eigenvalue weighted by molar-refractivity contribution is 9.11. The van der Waals surface area contributed by atoms with Gasteiger partial charge in [0.25, 0.3) is 0 Å². The van der Waals surface area contributed by atoms with Crippen LogP contribution >= 0.6 is 54.5 Å². The molecule has 10 nitrogen and oxygen atoms in total. The minimum atomic E-state index is 0.228. The molecule has 6 aromatic rings. The molecular formula is C49H64Br2N8O2S2. The van der Waals surface area contributed by atoms with E-state index in [1.54, 1.807) is 35.1 Å². The third-order valence-electron chi connectivity index (χ3n) is 12.7. The molecule has 338 valence electrons. The highest BCUT2D eigenvalue weighted by Gasteiger charge is 2.24. The number of carbonyl (C=O) groups is 2. The zero-order chi connectivity index (χ0) is 44.5. The zero-order valence-corrected chi connectivity index (χ0v) is 42.5. The quantitative estimate of drug-likeness (QED) is 0.0821. The molecule has 2 fully saturated rings. The van der Waals surface area contributed by atoms with E-state index in [0.29, 0.717) is 24.7 Å². The van der Waals surface area contributed by atoms with Crippen molar-refractivity contribution in [2.45, 2.75) is 85.0 Å². The second-order valence-corrected chi connectivity index (χ2v) is 21.5. The van der Waals surface area contributed by atoms with Gasteiger partial charge in [0.05, 0.1) is 27.7 Å². The Morgan fingerprint density at radius 1 is 0.698 bits per heavy atom. The number of Topliss-reactive ketones (excluding diaryl/α,β-unsaturated/α-hetero) is 2. The third-order valence-corrected chi connectivity index (χ3v) is 16.0. The molecule has 2 aliphatic heterocycles. The van der Waals surface area contributed by atoms with Crippen molar-refractivity contribution in [3.8, 4) is 0 Å². The molecule has 2 aromatic carbocycles. The Balaban J connectivity index is 0.000000189. The Morgan fingerprint density at radius 2 is 1.21 bits per heavy atom. The van der Waals surface area contributed by atoms with Crippen LogP contribution in [0.3, 0.4) is 0 Å². The van der Waals surface area contributed by atoms with Crippen molar-refractivity contribution in [1.82, 2.24) is 29.7 Å². The van der Waals surface area contributed by atoms with Gasteiger partial charge in [0, 0.05) is 103 Å². The van der Waals surface area contributed by atoms with Crippen molar-refractivity contribution in [2.75, 3.05) is 76.3 Å². The molecule has 2 N–H and O–H groups in total. The average Bonchev–Trinajstić information content (AvgIpc) is 4.11. The Morgan fingerprint density at radius 3 is 1.73 bits per heavy atom. The smallest absolute Gasteiger partial charge is 0.186 e. The van der Waals surface area contributed by atoms with Crippen molar-refractivity contribution in [3.63, 3.8) is 0 Å². The number of thiazole rings is 2. The Kier molecular flexibility index (Phi) is 17.1. The molecular weight excluding hydrogens is 957 g/mol. The maximum absolute atomic E-state index is 13.2. The third kappa shape index (κ3) is 12.7. The summed E-state index contributed by atoms with van der Waals surface area (Å²) in [5, 5.41) is 4.49. The fourth-order valence-electron chi connectivity index (χ4n) is 8.80. The first kappa shape index (κ1) is 47.6. The van der Waals surface area contributed by atoms with Crippen LogP contribution in [0.25, 0.3) is 21.8 Å². The molecule has 2 atom stereocenters. The van der Waals surface area contributed by atoms with Gasteiger partial charge in [-0.1, -0.05) is 89.8 Å². The SMILES string of the molecule is CCCCC(CC(=O)c1cnc(N2CCN(C)CC2)s1)Cc1c[nH]c2c(Br)cc(Br)cc12.CCCCC(CC(=O)c1cnc(N2CCN(C)CC2)s1)Cc1c[nH]c2ccc(C)cc12. The number of aromatic amines is 2. The summed E-state index contributed by atoms with van der Waals surface area (Å²) in [6, 6.07) is 10.8. The van der Waals surface area contributed by atoms with Crippen molar-refractivity contribution >= 4 is 98.2 Å². The number of H-pyrrole nitrogens is 2. The molecule has 6 heterocycles. The van der Waals surface area contributed by atoms with Gasteiger partial charge in [-0.15, -0.1) is 0 Å². The number of halogens is 2. The standard InChI is InChI=1S/C25H34N4OS.C24H30Br2N4OS/c1-4-5-6-19(14-20-16-26-22-8-7-18(2)13-21(20)22)15-23(30)24-17-27-25(31-24)29-11-9-28(3)10-12-29;1-3-4-5-16(10-17-14-27-23-19(17)12-18(25)13-20(23)26)11-21(31)22-15-28-24(32-22)30-8-6-29(2)7-9-30/h7-8,13,16-17,19,26H,4-6,9-12,14-15H2,1-3H3;12-16,27H,3-11H2,1-2H3. The summed E-state index contributed by atoms with van der Waals surface area (Å²) < 4.78 is 2.11. The van der Waals surface area contributed by atoms with E-state index < -0.39 is 0 Å². The predicted molar refractivity (Wildman–Crippen MR) is 272 cm³/mol. The maximum atomic E-state index is 13.2. The first-order valence-electron chi connectivity index (χ1n) is 22.8. The molecule has 0 radical (unpaired) electrons. The van der Waals surface area contributed by atoms with Crippen LogP contribution in [-0.4, -0.2) is 108 Å². The lowest BCUT2D eigenvalue weighted by molar-refractivity contribution is 0.0953. The summed E-state index contributed by atoms with van der Waals surface area (Å²) >= 11 is 10.4. The fourth-order valence-corrected chi connectivity index (χ4v) is 12.0. The molecule has 8 rings (SSSR count). The number of benzene rings is 2. The summed E-state index contributed by atoms with van der Waals surface area (Å²) in [6.45, 7) is 14.7. The topological polar surface area (TPSA) is 104 Å². The van der Waals surface area contributed by atoms with Crippen molar-refractivity contribution in [3.05, 3.63) is 90.5 Å². The first-order chi connectivity index (χ1) is 30.5. The van der Waals surface area contributed by atoms with Crippen LogP contribution in [0.15, 0.2) is 64.1 Å². The molecule has 0 aliphatic carbocycles. The van der Waals surface area contributed by atoms with E-state index in [1.165, 1.54) is 33.0 Å². The lowest BCUT2D eigenvalue weighted by Gasteiger charge is -2.32. The molecule has 14 heteroatoms. The number of fused-ring (bicyclic) bond motifs is 2. The normalized spacial score (nSPS) is 16.1. The van der Waals surface area contributed by atoms with Crippen LogP contribution in [-0.2, 0) is 12.8 Å². The number of aromatic nitrogens is 4. The van der Waals surface area contributed by atoms with Gasteiger partial charge in [-0.25, -0.2) is 9.97 Å². The van der Waals surface area contributed by atoms with E-state index in [0.717, 1.165) is 138 Å². The lowest BCUT2D eigenvalue weighted by atomic mass is 9.89. The van der Waals surface area contributed by atoms with E-state index in [4.69, 9.17) is 0 Å². The molecule has 4 aromatic heterocycles. The Bertz CT molecular complexity index is 2420. The monoisotopic (exact) mass is 1020 g/mol. The second-order valence-electron chi connectivity index (χ2n) is 17.8. The number of hydrogen-bond acceptors (Lipinski definition) is 10. The Hall–Kier alpha value is -3.40. The number of anilines is 2. The summed E-state index contributed by atoms with van der Waals surface area (Å²) in [5.41, 5.74) is 6.17. The predicted octanol–water partition coefficient (Wildman–Crippen LogP) is 11.8. The highest BCUT2D eigenvalue weighted by atomic mass is 79.9. The number of carbonyl (C=O) groups excluding carboxylic acids is 2. The number of ketones is 2. The van der Waals surface area contributed by atoms with Gasteiger partial charge in [0.2, 0.25) is 0 Å². The van der Waals surface area contributed by atoms with Gasteiger partial charge < -0.3 is 29.6 Å². The van der Waals surface area contributed by atoms with Gasteiger partial charge in [-0.05, 0) is 110 Å². The van der Waals surface area contributed by atoms with Crippen LogP contribution in [0, 0.1) is 18.8 Å². The minimum absolute atomic E-state index is 0.228. The van der Waals surface area contributed by atoms with E-state index in [9.17, 15) is 9.59 Å². The zero-order valence-electron chi connectivity index (χ0n) is 37.7. The molecule has 63 heavy (non-hydrogen) atoms. The number of likely N-dealkylation sites (N-methyl/N-ethyl adjacent to an activating group) is 2. The van der Waals surface area contributed by atoms with E-state index in [2.05, 4.69) is 149 Å². The average molecular weight is 1020 g/mol. The summed E-state index contributed by atoms with van der Waals surface area (Å²) in [6.07, 6.45) is 17.6. The number of nitrogens with zero attached hydrogens (tertiary/aromatic N) is 6. The first-order valence-corrected chi connectivity index (χ1v) is 26.1. The van der Waals surface area contributed by atoms with Crippen molar-refractivity contribution in [1.29, 1.82) is 0 Å². The van der Waals surface area contributed by atoms with Crippen molar-refractivity contribution in [2.24, 2.45) is 11.8 Å². The number of piperazine rings is 2. The van der Waals surface area contributed by atoms with Gasteiger partial charge in [0.1, 0.15) is 0 Å². The number of hydrogen-bond donors (Lipinski definition) is 2. The number of aryl methyl sites for hydroxylation is 1. The molecule has 2 unspecified atom stereocenters. The number of unbranched alkanes of at least 4 members (excludes halogenated alkanes) is 2. The van der Waals surface area contributed by atoms with Crippen LogP contribution in [0.2, 0.25) is 0 Å². The highest BCUT2D eigenvalue weighted by Crippen LogP contribution is 2.34. The van der Waals surface area contributed by atoms with Gasteiger partial charge >= 0.3 is 0 Å². The summed E-state index contributed by atoms with van der Waals surface area (Å²) in [5.74, 6) is 1.16. The van der Waals surface area contributed by atoms with Gasteiger partial charge in [-0.2, -0.15) is 0 Å². The molecule has 0 spiro atoms. The number of rotatable bonds is 18. The van der Waals surface area contributed by atoms with Crippen LogP contribution in [0.1, 0.15) is 101 Å². The van der Waals surface area contributed by atoms with Crippen LogP contribution in [0.5, 0.6) is 0 Å². The van der Waals surface area contributed by atoms with E-state index in [1.807, 2.05) is 0 Å². The van der Waals surface area contributed by atoms with Crippen molar-refractivity contribution < 1.29 is 9.59 Å². The summed E-state index contributed by atoms with van der Waals surface area (Å²) in [7, 11) is 4.30. The number of nitrogens with one attached hydrogen (secondary N) is 2. The molecule has 2 saturated heterocycles. The van der Waals surface area contributed by atoms with Crippen LogP contribution in [0.4, 0.5) is 10.3 Å². The minimum Gasteiger partial charge on any atom is -0.361 e. The van der Waals surface area contributed by atoms with Gasteiger partial charge in [0.15, 0.2) is 21.8 Å². The molecule has 2 aliphatic rings. The summed E-state index contributed by atoms with van der Waals surface area (Å²) in [4.78, 5) is 53.2. The lowest BCUT2D eigenvalue weighted by Crippen LogP contribution is -2.44. The van der Waals surface area contributed by atoms with Gasteiger partial charge in [-0.3, -0.25) is 9.59 Å². The molecule has 0 bridgehead atoms. The van der Waals surface area contributed by atoms with E-state index in [-0.39, 0.29) is 11.6 Å². The maximum Gasteiger partial charge on any atom is 0.186 e. The van der Waals surface area contributed by atoms with E-state index >= 15 is 0 Å². The molecule has 0 saturated carbocycles. The molecule has 0 amide bonds. The van der Waals surface area contributed by atoms with Crippen LogP contribution < -0.4 is 9.80 Å². The Labute approximate surface area is 398 Å². The fraction of sp³-hybridized carbons (Fsp3) is 0.510. The second kappa shape index (κ2) is 22.7.